The molecule has 4 aliphatic rings. The van der Waals surface area contributed by atoms with Crippen LogP contribution in [0.5, 0.6) is 0 Å². The molecule has 1 amide bonds. The summed E-state index contributed by atoms with van der Waals surface area (Å²) in [5.41, 5.74) is 3.04. The highest BCUT2D eigenvalue weighted by atomic mass is 35.5. The first kappa shape index (κ1) is 22.7. The second-order valence-corrected chi connectivity index (χ2v) is 12.8. The quantitative estimate of drug-likeness (QED) is 0.605. The zero-order valence-corrected chi connectivity index (χ0v) is 20.5. The van der Waals surface area contributed by atoms with E-state index in [1.807, 2.05) is 24.3 Å². The van der Waals surface area contributed by atoms with E-state index in [2.05, 4.69) is 17.4 Å². The van der Waals surface area contributed by atoms with Crippen LogP contribution in [0.1, 0.15) is 49.7 Å². The Bertz CT molecular complexity index is 1090. The van der Waals surface area contributed by atoms with Gasteiger partial charge in [-0.2, -0.15) is 0 Å². The van der Waals surface area contributed by atoms with E-state index in [0.29, 0.717) is 17.3 Å². The van der Waals surface area contributed by atoms with Crippen molar-refractivity contribution >= 4 is 33.2 Å². The van der Waals surface area contributed by atoms with Gasteiger partial charge >= 0.3 is 0 Å². The molecular formula is C26H31ClN2O3S. The minimum absolute atomic E-state index is 0.247. The lowest BCUT2D eigenvalue weighted by Crippen LogP contribution is -2.48. The van der Waals surface area contributed by atoms with Crippen LogP contribution in [0.15, 0.2) is 48.5 Å². The molecule has 2 aromatic rings. The van der Waals surface area contributed by atoms with Crippen molar-refractivity contribution in [3.8, 4) is 0 Å². The van der Waals surface area contributed by atoms with E-state index >= 15 is 0 Å². The summed E-state index contributed by atoms with van der Waals surface area (Å²) in [6.45, 7) is 0.0711. The molecule has 0 radical (unpaired) electrons. The highest BCUT2D eigenvalue weighted by Crippen LogP contribution is 2.60. The summed E-state index contributed by atoms with van der Waals surface area (Å²) in [5.74, 6) is 2.22. The van der Waals surface area contributed by atoms with Gasteiger partial charge in [0.05, 0.1) is 11.9 Å². The molecule has 4 bridgehead atoms. The molecule has 7 heteroatoms. The van der Waals surface area contributed by atoms with Crippen molar-refractivity contribution < 1.29 is 13.2 Å². The summed E-state index contributed by atoms with van der Waals surface area (Å²) in [7, 11) is -3.60. The molecular weight excluding hydrogens is 456 g/mol. The van der Waals surface area contributed by atoms with Gasteiger partial charge in [-0.15, -0.1) is 0 Å². The van der Waals surface area contributed by atoms with Crippen molar-refractivity contribution in [1.82, 2.24) is 5.32 Å². The normalized spacial score (nSPS) is 28.0. The molecule has 1 N–H and O–H groups in total. The first-order valence-corrected chi connectivity index (χ1v) is 14.0. The molecule has 0 aromatic heterocycles. The minimum Gasteiger partial charge on any atom is -0.350 e. The number of sulfonamides is 1. The molecule has 0 unspecified atom stereocenters. The summed E-state index contributed by atoms with van der Waals surface area (Å²) in [4.78, 5) is 12.6. The summed E-state index contributed by atoms with van der Waals surface area (Å²) in [5, 5.41) is 3.43. The summed E-state index contributed by atoms with van der Waals surface area (Å²) in [6.07, 6.45) is 9.12. The molecule has 4 aliphatic carbocycles. The molecule has 176 valence electrons. The predicted molar refractivity (Wildman–Crippen MR) is 132 cm³/mol. The van der Waals surface area contributed by atoms with E-state index in [9.17, 15) is 13.2 Å². The fraction of sp³-hybridized carbons (Fsp3) is 0.500. The van der Waals surface area contributed by atoms with Crippen LogP contribution < -0.4 is 9.62 Å². The van der Waals surface area contributed by atoms with Gasteiger partial charge in [-0.1, -0.05) is 35.9 Å². The number of rotatable bonds is 7. The maximum absolute atomic E-state index is 12.6. The van der Waals surface area contributed by atoms with Crippen molar-refractivity contribution in [1.29, 1.82) is 0 Å². The van der Waals surface area contributed by atoms with Crippen LogP contribution >= 0.6 is 11.6 Å². The van der Waals surface area contributed by atoms with E-state index in [4.69, 9.17) is 11.6 Å². The van der Waals surface area contributed by atoms with Gasteiger partial charge in [-0.05, 0) is 97.1 Å². The Morgan fingerprint density at radius 2 is 1.52 bits per heavy atom. The number of anilines is 1. The maximum Gasteiger partial charge on any atom is 0.241 e. The van der Waals surface area contributed by atoms with Crippen molar-refractivity contribution in [2.45, 2.75) is 50.5 Å². The highest BCUT2D eigenvalue weighted by Gasteiger charge is 2.51. The zero-order valence-electron chi connectivity index (χ0n) is 19.0. The average molecular weight is 487 g/mol. The Morgan fingerprint density at radius 1 is 0.970 bits per heavy atom. The molecule has 0 spiro atoms. The first-order valence-electron chi connectivity index (χ1n) is 11.8. The number of benzene rings is 2. The summed E-state index contributed by atoms with van der Waals surface area (Å²) >= 11 is 5.90. The molecule has 0 atom stereocenters. The van der Waals surface area contributed by atoms with Crippen LogP contribution in [-0.2, 0) is 26.8 Å². The standard InChI is InChI=1S/C26H31ClN2O3S/c1-33(31,32)29(17-25(30)28-16-18-2-6-23(27)7-3-18)24-8-4-22(5-9-24)26-13-19-10-20(14-26)12-21(11-19)15-26/h2-9,19-21H,10-17H2,1H3,(H,28,30). The van der Waals surface area contributed by atoms with Crippen molar-refractivity contribution in [2.24, 2.45) is 17.8 Å². The number of amides is 1. The number of carbonyl (C=O) groups is 1. The van der Waals surface area contributed by atoms with Gasteiger partial charge in [0.25, 0.3) is 0 Å². The number of hydrogen-bond donors (Lipinski definition) is 1. The third-order valence-electron chi connectivity index (χ3n) is 7.90. The Balaban J connectivity index is 1.29. The van der Waals surface area contributed by atoms with E-state index in [-0.39, 0.29) is 17.9 Å². The van der Waals surface area contributed by atoms with Crippen LogP contribution in [0.3, 0.4) is 0 Å². The molecule has 2 aromatic carbocycles. The molecule has 4 saturated carbocycles. The van der Waals surface area contributed by atoms with Gasteiger partial charge in [0, 0.05) is 11.6 Å². The molecule has 5 nitrogen and oxygen atoms in total. The van der Waals surface area contributed by atoms with E-state index in [1.54, 1.807) is 12.1 Å². The Labute approximate surface area is 201 Å². The number of carbonyl (C=O) groups excluding carboxylic acids is 1. The number of halogens is 1. The van der Waals surface area contributed by atoms with Crippen molar-refractivity contribution in [3.05, 3.63) is 64.7 Å². The number of hydrogen-bond acceptors (Lipinski definition) is 3. The largest absolute Gasteiger partial charge is 0.350 e. The van der Waals surface area contributed by atoms with Gasteiger partial charge in [-0.3, -0.25) is 9.10 Å². The average Bonchev–Trinajstić information content (AvgIpc) is 2.75. The van der Waals surface area contributed by atoms with Crippen LogP contribution in [0.25, 0.3) is 0 Å². The van der Waals surface area contributed by atoms with E-state index in [0.717, 1.165) is 29.6 Å². The molecule has 0 saturated heterocycles. The lowest BCUT2D eigenvalue weighted by atomic mass is 9.48. The lowest BCUT2D eigenvalue weighted by Gasteiger charge is -2.57. The van der Waals surface area contributed by atoms with Crippen molar-refractivity contribution in [2.75, 3.05) is 17.1 Å². The Hall–Kier alpha value is -2.05. The fourth-order valence-corrected chi connectivity index (χ4v) is 7.82. The molecule has 4 fully saturated rings. The van der Waals surface area contributed by atoms with Gasteiger partial charge in [0.2, 0.25) is 15.9 Å². The van der Waals surface area contributed by atoms with Crippen LogP contribution in [0.4, 0.5) is 5.69 Å². The van der Waals surface area contributed by atoms with Gasteiger partial charge in [-0.25, -0.2) is 8.42 Å². The minimum atomic E-state index is -3.60. The third kappa shape index (κ3) is 4.78. The summed E-state index contributed by atoms with van der Waals surface area (Å²) in [6, 6.07) is 15.1. The Kier molecular flexibility index (Phi) is 5.94. The SMILES string of the molecule is CS(=O)(=O)N(CC(=O)NCc1ccc(Cl)cc1)c1ccc(C23CC4CC(CC(C4)C2)C3)cc1. The zero-order chi connectivity index (χ0) is 23.2. The van der Waals surface area contributed by atoms with Gasteiger partial charge in [0.15, 0.2) is 0 Å². The Morgan fingerprint density at radius 3 is 2.03 bits per heavy atom. The monoisotopic (exact) mass is 486 g/mol. The highest BCUT2D eigenvalue weighted by molar-refractivity contribution is 7.92. The van der Waals surface area contributed by atoms with Crippen LogP contribution in [0.2, 0.25) is 5.02 Å². The number of nitrogens with one attached hydrogen (secondary N) is 1. The maximum atomic E-state index is 12.6. The summed E-state index contributed by atoms with van der Waals surface area (Å²) < 4.78 is 26.2. The smallest absolute Gasteiger partial charge is 0.241 e. The van der Waals surface area contributed by atoms with E-state index < -0.39 is 10.0 Å². The second kappa shape index (κ2) is 8.62. The van der Waals surface area contributed by atoms with E-state index in [1.165, 1.54) is 48.4 Å². The van der Waals surface area contributed by atoms with Crippen LogP contribution in [0, 0.1) is 17.8 Å². The molecule has 6 rings (SSSR count). The first-order chi connectivity index (χ1) is 15.7. The van der Waals surface area contributed by atoms with Gasteiger partial charge < -0.3 is 5.32 Å². The lowest BCUT2D eigenvalue weighted by molar-refractivity contribution is -0.119. The topological polar surface area (TPSA) is 66.5 Å². The van der Waals surface area contributed by atoms with Gasteiger partial charge in [0.1, 0.15) is 6.54 Å². The van der Waals surface area contributed by atoms with Crippen LogP contribution in [-0.4, -0.2) is 27.1 Å². The molecule has 0 aliphatic heterocycles. The third-order valence-corrected chi connectivity index (χ3v) is 9.29. The fourth-order valence-electron chi connectivity index (χ4n) is 6.83. The van der Waals surface area contributed by atoms with Crippen molar-refractivity contribution in [3.63, 3.8) is 0 Å². The second-order valence-electron chi connectivity index (χ2n) is 10.4. The molecule has 33 heavy (non-hydrogen) atoms. The molecule has 0 heterocycles. The number of nitrogens with zero attached hydrogens (tertiary/aromatic N) is 1. The predicted octanol–water partition coefficient (Wildman–Crippen LogP) is 4.89.